The Morgan fingerprint density at radius 1 is 1.19 bits per heavy atom. The molecule has 0 aliphatic carbocycles. The summed E-state index contributed by atoms with van der Waals surface area (Å²) in [6.07, 6.45) is 2.66. The SMILES string of the molecule is CC(C)(C(=O)O)C(=O)Nc1ccc2c(=O)n3c(nc2c1)C(=Cc1ccc(Cl)cc1)CC3. The second-order valence-corrected chi connectivity index (χ2v) is 8.42. The first-order chi connectivity index (χ1) is 14.7. The third-order valence-corrected chi connectivity index (χ3v) is 5.67. The number of carbonyl (C=O) groups excluding carboxylic acids is 1. The summed E-state index contributed by atoms with van der Waals surface area (Å²) < 4.78 is 1.65. The molecule has 1 aromatic heterocycles. The minimum atomic E-state index is -1.59. The molecule has 8 heteroatoms. The van der Waals surface area contributed by atoms with E-state index in [2.05, 4.69) is 10.3 Å². The molecule has 158 valence electrons. The number of rotatable bonds is 4. The fraction of sp³-hybridized carbons (Fsp3) is 0.217. The minimum absolute atomic E-state index is 0.150. The molecule has 0 unspecified atom stereocenters. The van der Waals surface area contributed by atoms with E-state index in [9.17, 15) is 19.5 Å². The van der Waals surface area contributed by atoms with E-state index in [1.54, 1.807) is 34.9 Å². The number of fused-ring (bicyclic) bond motifs is 2. The molecule has 2 aromatic carbocycles. The van der Waals surface area contributed by atoms with Crippen LogP contribution < -0.4 is 10.9 Å². The van der Waals surface area contributed by atoms with Crippen LogP contribution in [0.5, 0.6) is 0 Å². The number of nitrogens with zero attached hydrogens (tertiary/aromatic N) is 2. The van der Waals surface area contributed by atoms with E-state index in [0.717, 1.165) is 11.1 Å². The lowest BCUT2D eigenvalue weighted by Gasteiger charge is -2.18. The fourth-order valence-electron chi connectivity index (χ4n) is 3.38. The molecule has 4 rings (SSSR count). The molecule has 1 aliphatic rings. The number of anilines is 1. The molecule has 0 fully saturated rings. The minimum Gasteiger partial charge on any atom is -0.480 e. The topological polar surface area (TPSA) is 101 Å². The van der Waals surface area contributed by atoms with Crippen molar-refractivity contribution in [1.29, 1.82) is 0 Å². The van der Waals surface area contributed by atoms with Gasteiger partial charge >= 0.3 is 5.97 Å². The quantitative estimate of drug-likeness (QED) is 0.600. The average Bonchev–Trinajstić information content (AvgIpc) is 3.12. The monoisotopic (exact) mass is 437 g/mol. The van der Waals surface area contributed by atoms with Crippen LogP contribution in [-0.4, -0.2) is 26.5 Å². The summed E-state index contributed by atoms with van der Waals surface area (Å²) in [5, 5.41) is 12.9. The number of nitrogens with one attached hydrogen (secondary N) is 1. The highest BCUT2D eigenvalue weighted by molar-refractivity contribution is 6.30. The van der Waals surface area contributed by atoms with Crippen molar-refractivity contribution in [3.8, 4) is 0 Å². The van der Waals surface area contributed by atoms with E-state index in [-0.39, 0.29) is 5.56 Å². The predicted molar refractivity (Wildman–Crippen MR) is 120 cm³/mol. The van der Waals surface area contributed by atoms with Crippen LogP contribution in [-0.2, 0) is 16.1 Å². The second-order valence-electron chi connectivity index (χ2n) is 7.98. The molecule has 0 saturated carbocycles. The molecule has 3 aromatic rings. The molecule has 0 atom stereocenters. The number of benzene rings is 2. The van der Waals surface area contributed by atoms with Crippen LogP contribution in [0.25, 0.3) is 22.6 Å². The molecule has 0 spiro atoms. The van der Waals surface area contributed by atoms with Crippen molar-refractivity contribution in [1.82, 2.24) is 9.55 Å². The Kier molecular flexibility index (Phi) is 5.15. The largest absolute Gasteiger partial charge is 0.480 e. The van der Waals surface area contributed by atoms with E-state index in [4.69, 9.17) is 11.6 Å². The van der Waals surface area contributed by atoms with E-state index < -0.39 is 17.3 Å². The van der Waals surface area contributed by atoms with Crippen molar-refractivity contribution in [2.24, 2.45) is 5.41 Å². The van der Waals surface area contributed by atoms with Crippen LogP contribution >= 0.6 is 11.6 Å². The third kappa shape index (κ3) is 3.84. The summed E-state index contributed by atoms with van der Waals surface area (Å²) in [6.45, 7) is 3.20. The van der Waals surface area contributed by atoms with E-state index >= 15 is 0 Å². The second kappa shape index (κ2) is 7.67. The molecule has 7 nitrogen and oxygen atoms in total. The molecular weight excluding hydrogens is 418 g/mol. The number of carbonyl (C=O) groups is 2. The normalized spacial score (nSPS) is 14.6. The number of allylic oxidation sites excluding steroid dienone is 1. The predicted octanol–water partition coefficient (Wildman–Crippen LogP) is 4.04. The van der Waals surface area contributed by atoms with Crippen LogP contribution in [0.15, 0.2) is 47.3 Å². The number of aliphatic carboxylic acids is 1. The summed E-state index contributed by atoms with van der Waals surface area (Å²) >= 11 is 5.95. The lowest BCUT2D eigenvalue weighted by Crippen LogP contribution is -2.37. The molecule has 1 amide bonds. The Hall–Kier alpha value is -3.45. The molecule has 2 N–H and O–H groups in total. The summed E-state index contributed by atoms with van der Waals surface area (Å²) in [4.78, 5) is 41.3. The average molecular weight is 438 g/mol. The van der Waals surface area contributed by atoms with Crippen molar-refractivity contribution in [2.45, 2.75) is 26.8 Å². The summed E-state index contributed by atoms with van der Waals surface area (Å²) in [5.41, 5.74) is 0.968. The zero-order chi connectivity index (χ0) is 22.3. The number of carboxylic acid groups (broad SMARTS) is 1. The van der Waals surface area contributed by atoms with Crippen LogP contribution in [0.1, 0.15) is 31.7 Å². The maximum absolute atomic E-state index is 13.0. The number of halogens is 1. The molecule has 31 heavy (non-hydrogen) atoms. The van der Waals surface area contributed by atoms with Crippen LogP contribution in [0, 0.1) is 5.41 Å². The molecule has 0 saturated heterocycles. The molecule has 0 bridgehead atoms. The van der Waals surface area contributed by atoms with Gasteiger partial charge in [0.25, 0.3) is 5.56 Å². The molecule has 1 aliphatic heterocycles. The Labute approximate surface area is 183 Å². The van der Waals surface area contributed by atoms with Gasteiger partial charge in [0.05, 0.1) is 10.9 Å². The molecular formula is C23H20ClN3O4. The van der Waals surface area contributed by atoms with Crippen LogP contribution in [0.4, 0.5) is 5.69 Å². The van der Waals surface area contributed by atoms with Crippen molar-refractivity contribution < 1.29 is 14.7 Å². The van der Waals surface area contributed by atoms with E-state index in [0.29, 0.717) is 40.4 Å². The van der Waals surface area contributed by atoms with E-state index in [1.807, 2.05) is 18.2 Å². The van der Waals surface area contributed by atoms with Gasteiger partial charge in [-0.05, 0) is 67.8 Å². The molecule has 0 radical (unpaired) electrons. The van der Waals surface area contributed by atoms with Gasteiger partial charge in [-0.25, -0.2) is 4.98 Å². The van der Waals surface area contributed by atoms with Crippen molar-refractivity contribution in [3.05, 3.63) is 69.2 Å². The Morgan fingerprint density at radius 2 is 1.90 bits per heavy atom. The highest BCUT2D eigenvalue weighted by Gasteiger charge is 2.36. The van der Waals surface area contributed by atoms with Crippen LogP contribution in [0.3, 0.4) is 0 Å². The highest BCUT2D eigenvalue weighted by atomic mass is 35.5. The van der Waals surface area contributed by atoms with Gasteiger partial charge in [0.2, 0.25) is 5.91 Å². The maximum atomic E-state index is 13.0. The number of hydrogen-bond donors (Lipinski definition) is 2. The zero-order valence-corrected chi connectivity index (χ0v) is 17.7. The Balaban J connectivity index is 1.73. The smallest absolute Gasteiger partial charge is 0.318 e. The first kappa shape index (κ1) is 20.8. The first-order valence-electron chi connectivity index (χ1n) is 9.73. The van der Waals surface area contributed by atoms with Crippen LogP contribution in [0.2, 0.25) is 5.02 Å². The first-order valence-corrected chi connectivity index (χ1v) is 10.1. The van der Waals surface area contributed by atoms with Gasteiger partial charge in [0, 0.05) is 17.3 Å². The summed E-state index contributed by atoms with van der Waals surface area (Å²) in [7, 11) is 0. The summed E-state index contributed by atoms with van der Waals surface area (Å²) in [6, 6.07) is 12.2. The van der Waals surface area contributed by atoms with Gasteiger partial charge in [-0.3, -0.25) is 19.0 Å². The lowest BCUT2D eigenvalue weighted by molar-refractivity contribution is -0.151. The van der Waals surface area contributed by atoms with Gasteiger partial charge in [-0.15, -0.1) is 0 Å². The van der Waals surface area contributed by atoms with Crippen molar-refractivity contribution >= 4 is 51.7 Å². The standard InChI is InChI=1S/C23H20ClN3O4/c1-23(2,22(30)31)21(29)25-16-7-8-17-18(12-16)26-19-14(9-10-27(19)20(17)28)11-13-3-5-15(24)6-4-13/h3-8,11-12H,9-10H2,1-2H3,(H,25,29)(H,30,31). The van der Waals surface area contributed by atoms with Gasteiger partial charge in [0.1, 0.15) is 11.2 Å². The Morgan fingerprint density at radius 3 is 2.58 bits per heavy atom. The molecule has 2 heterocycles. The zero-order valence-electron chi connectivity index (χ0n) is 17.0. The summed E-state index contributed by atoms with van der Waals surface area (Å²) in [5.74, 6) is -1.29. The third-order valence-electron chi connectivity index (χ3n) is 5.42. The number of hydrogen-bond acceptors (Lipinski definition) is 4. The Bertz CT molecular complexity index is 1310. The highest BCUT2D eigenvalue weighted by Crippen LogP contribution is 2.29. The number of amides is 1. The fourth-order valence-corrected chi connectivity index (χ4v) is 3.50. The lowest BCUT2D eigenvalue weighted by atomic mass is 9.92. The van der Waals surface area contributed by atoms with E-state index in [1.165, 1.54) is 13.8 Å². The maximum Gasteiger partial charge on any atom is 0.318 e. The van der Waals surface area contributed by atoms with Gasteiger partial charge in [-0.2, -0.15) is 0 Å². The van der Waals surface area contributed by atoms with Gasteiger partial charge in [-0.1, -0.05) is 23.7 Å². The van der Waals surface area contributed by atoms with Crippen molar-refractivity contribution in [2.75, 3.05) is 5.32 Å². The van der Waals surface area contributed by atoms with Gasteiger partial charge < -0.3 is 10.4 Å². The number of aromatic nitrogens is 2. The van der Waals surface area contributed by atoms with Crippen molar-refractivity contribution in [3.63, 3.8) is 0 Å². The van der Waals surface area contributed by atoms with Gasteiger partial charge in [0.15, 0.2) is 0 Å². The number of carboxylic acids is 1.